The van der Waals surface area contributed by atoms with Gasteiger partial charge in [0.15, 0.2) is 0 Å². The van der Waals surface area contributed by atoms with E-state index < -0.39 is 0 Å². The van der Waals surface area contributed by atoms with Crippen molar-refractivity contribution in [3.63, 3.8) is 0 Å². The van der Waals surface area contributed by atoms with Crippen molar-refractivity contribution in [3.8, 4) is 0 Å². The smallest absolute Gasteiger partial charge is 0.0320 e. The first kappa shape index (κ1) is 14.6. The van der Waals surface area contributed by atoms with Crippen LogP contribution < -0.4 is 5.32 Å². The minimum Gasteiger partial charge on any atom is -0.313 e. The second kappa shape index (κ2) is 7.78. The van der Waals surface area contributed by atoms with Gasteiger partial charge in [-0.15, -0.1) is 11.8 Å². The first-order valence-electron chi connectivity index (χ1n) is 6.56. The first-order chi connectivity index (χ1) is 8.24. The molecule has 1 atom stereocenters. The molecular formula is C15H25NS. The van der Waals surface area contributed by atoms with Crippen LogP contribution in [0.15, 0.2) is 29.2 Å². The van der Waals surface area contributed by atoms with Crippen LogP contribution in [0.25, 0.3) is 0 Å². The molecule has 0 fully saturated rings. The average Bonchev–Trinajstić information content (AvgIpc) is 2.40. The Labute approximate surface area is 110 Å². The molecule has 1 aromatic rings. The molecule has 0 saturated carbocycles. The van der Waals surface area contributed by atoms with Gasteiger partial charge in [-0.3, -0.25) is 0 Å². The summed E-state index contributed by atoms with van der Waals surface area (Å²) in [7, 11) is 2.07. The van der Waals surface area contributed by atoms with E-state index in [9.17, 15) is 0 Å². The molecule has 0 aliphatic heterocycles. The molecule has 1 unspecified atom stereocenters. The van der Waals surface area contributed by atoms with Crippen LogP contribution in [0.2, 0.25) is 0 Å². The van der Waals surface area contributed by atoms with Crippen LogP contribution >= 0.6 is 11.8 Å². The molecule has 0 aromatic heterocycles. The fourth-order valence-electron chi connectivity index (χ4n) is 2.21. The molecule has 17 heavy (non-hydrogen) atoms. The summed E-state index contributed by atoms with van der Waals surface area (Å²) in [5.41, 5.74) is 1.41. The molecule has 0 heterocycles. The quantitative estimate of drug-likeness (QED) is 0.716. The van der Waals surface area contributed by atoms with E-state index in [-0.39, 0.29) is 0 Å². The van der Waals surface area contributed by atoms with E-state index in [2.05, 4.69) is 56.7 Å². The first-order valence-corrected chi connectivity index (χ1v) is 7.78. The largest absolute Gasteiger partial charge is 0.313 e. The molecule has 0 aliphatic rings. The van der Waals surface area contributed by atoms with Gasteiger partial charge >= 0.3 is 0 Å². The Kier molecular flexibility index (Phi) is 6.68. The molecule has 1 rings (SSSR count). The minimum atomic E-state index is 0.496. The van der Waals surface area contributed by atoms with Crippen molar-refractivity contribution in [1.82, 2.24) is 5.32 Å². The summed E-state index contributed by atoms with van der Waals surface area (Å²) < 4.78 is 0. The normalized spacial score (nSPS) is 13.0. The zero-order chi connectivity index (χ0) is 12.7. The van der Waals surface area contributed by atoms with Gasteiger partial charge in [0.2, 0.25) is 0 Å². The Morgan fingerprint density at radius 2 is 1.71 bits per heavy atom. The second-order valence-electron chi connectivity index (χ2n) is 4.53. The number of hydrogen-bond acceptors (Lipinski definition) is 2. The second-order valence-corrected chi connectivity index (χ2v) is 5.41. The van der Waals surface area contributed by atoms with Crippen molar-refractivity contribution in [2.45, 2.75) is 44.0 Å². The molecule has 0 amide bonds. The SMILES string of the molecule is CCC(CC)CC(NC)c1ccc(SC)cc1. The maximum absolute atomic E-state index is 3.45. The van der Waals surface area contributed by atoms with Gasteiger partial charge in [0.05, 0.1) is 0 Å². The zero-order valence-electron chi connectivity index (χ0n) is 11.5. The summed E-state index contributed by atoms with van der Waals surface area (Å²) in [6.45, 7) is 4.58. The summed E-state index contributed by atoms with van der Waals surface area (Å²) in [6, 6.07) is 9.45. The van der Waals surface area contributed by atoms with E-state index in [1.165, 1.54) is 29.7 Å². The van der Waals surface area contributed by atoms with Gasteiger partial charge in [-0.1, -0.05) is 38.8 Å². The van der Waals surface area contributed by atoms with E-state index in [1.54, 1.807) is 11.8 Å². The van der Waals surface area contributed by atoms with E-state index in [1.807, 2.05) is 0 Å². The summed E-state index contributed by atoms with van der Waals surface area (Å²) in [5.74, 6) is 0.827. The fourth-order valence-corrected chi connectivity index (χ4v) is 2.62. The zero-order valence-corrected chi connectivity index (χ0v) is 12.3. The monoisotopic (exact) mass is 251 g/mol. The van der Waals surface area contributed by atoms with Crippen molar-refractivity contribution in [3.05, 3.63) is 29.8 Å². The summed E-state index contributed by atoms with van der Waals surface area (Å²) in [5, 5.41) is 3.45. The molecule has 1 N–H and O–H groups in total. The van der Waals surface area contributed by atoms with E-state index in [0.29, 0.717) is 6.04 Å². The number of benzene rings is 1. The molecule has 0 radical (unpaired) electrons. The molecule has 1 nitrogen and oxygen atoms in total. The lowest BCUT2D eigenvalue weighted by molar-refractivity contribution is 0.385. The Morgan fingerprint density at radius 1 is 1.12 bits per heavy atom. The molecular weight excluding hydrogens is 226 g/mol. The lowest BCUT2D eigenvalue weighted by atomic mass is 9.91. The van der Waals surface area contributed by atoms with Crippen molar-refractivity contribution in [2.75, 3.05) is 13.3 Å². The lowest BCUT2D eigenvalue weighted by Crippen LogP contribution is -2.19. The highest BCUT2D eigenvalue weighted by Crippen LogP contribution is 2.26. The highest BCUT2D eigenvalue weighted by atomic mass is 32.2. The maximum Gasteiger partial charge on any atom is 0.0320 e. The van der Waals surface area contributed by atoms with Gasteiger partial charge in [-0.05, 0) is 43.3 Å². The molecule has 2 heteroatoms. The van der Waals surface area contributed by atoms with Crippen LogP contribution in [-0.4, -0.2) is 13.3 Å². The summed E-state index contributed by atoms with van der Waals surface area (Å²) in [4.78, 5) is 1.34. The number of nitrogens with one attached hydrogen (secondary N) is 1. The molecule has 0 saturated heterocycles. The van der Waals surface area contributed by atoms with Crippen molar-refractivity contribution < 1.29 is 0 Å². The third-order valence-corrected chi connectivity index (χ3v) is 4.33. The third kappa shape index (κ3) is 4.36. The van der Waals surface area contributed by atoms with Crippen LogP contribution in [-0.2, 0) is 0 Å². The molecule has 0 bridgehead atoms. The lowest BCUT2D eigenvalue weighted by Gasteiger charge is -2.22. The van der Waals surface area contributed by atoms with Gasteiger partial charge < -0.3 is 5.32 Å². The van der Waals surface area contributed by atoms with Gasteiger partial charge in [0.25, 0.3) is 0 Å². The molecule has 0 aliphatic carbocycles. The molecule has 96 valence electrons. The van der Waals surface area contributed by atoms with Crippen molar-refractivity contribution in [2.24, 2.45) is 5.92 Å². The van der Waals surface area contributed by atoms with Gasteiger partial charge in [0.1, 0.15) is 0 Å². The van der Waals surface area contributed by atoms with Crippen LogP contribution in [0.5, 0.6) is 0 Å². The number of thioether (sulfide) groups is 1. The highest BCUT2D eigenvalue weighted by molar-refractivity contribution is 7.98. The Bertz CT molecular complexity index is 303. The predicted molar refractivity (Wildman–Crippen MR) is 78.7 cm³/mol. The van der Waals surface area contributed by atoms with Gasteiger partial charge in [-0.2, -0.15) is 0 Å². The Hall–Kier alpha value is -0.470. The average molecular weight is 251 g/mol. The summed E-state index contributed by atoms with van der Waals surface area (Å²) in [6.07, 6.45) is 5.91. The minimum absolute atomic E-state index is 0.496. The Balaban J connectivity index is 2.71. The van der Waals surface area contributed by atoms with Crippen molar-refractivity contribution in [1.29, 1.82) is 0 Å². The predicted octanol–water partition coefficient (Wildman–Crippen LogP) is 4.50. The van der Waals surface area contributed by atoms with E-state index in [4.69, 9.17) is 0 Å². The molecule has 0 spiro atoms. The maximum atomic E-state index is 3.45. The van der Waals surface area contributed by atoms with Crippen LogP contribution in [0.3, 0.4) is 0 Å². The van der Waals surface area contributed by atoms with Crippen LogP contribution in [0, 0.1) is 5.92 Å². The van der Waals surface area contributed by atoms with Crippen LogP contribution in [0.4, 0.5) is 0 Å². The number of hydrogen-bond donors (Lipinski definition) is 1. The highest BCUT2D eigenvalue weighted by Gasteiger charge is 2.14. The molecule has 1 aromatic carbocycles. The number of rotatable bonds is 7. The van der Waals surface area contributed by atoms with E-state index >= 15 is 0 Å². The van der Waals surface area contributed by atoms with Crippen LogP contribution in [0.1, 0.15) is 44.7 Å². The van der Waals surface area contributed by atoms with Crippen molar-refractivity contribution >= 4 is 11.8 Å². The topological polar surface area (TPSA) is 12.0 Å². The standard InChI is InChI=1S/C15H25NS/c1-5-12(6-2)11-15(16-3)13-7-9-14(17-4)10-8-13/h7-10,12,15-16H,5-6,11H2,1-4H3. The Morgan fingerprint density at radius 3 is 2.12 bits per heavy atom. The fraction of sp³-hybridized carbons (Fsp3) is 0.600. The van der Waals surface area contributed by atoms with E-state index in [0.717, 1.165) is 5.92 Å². The van der Waals surface area contributed by atoms with Gasteiger partial charge in [0, 0.05) is 10.9 Å². The summed E-state index contributed by atoms with van der Waals surface area (Å²) >= 11 is 1.80. The van der Waals surface area contributed by atoms with Gasteiger partial charge in [-0.25, -0.2) is 0 Å². The third-order valence-electron chi connectivity index (χ3n) is 3.59.